The quantitative estimate of drug-likeness (QED) is 0.453. The van der Waals surface area contributed by atoms with Gasteiger partial charge in [0.15, 0.2) is 0 Å². The molecule has 0 aliphatic carbocycles. The third kappa shape index (κ3) is 2.68. The van der Waals surface area contributed by atoms with Gasteiger partial charge in [0.05, 0.1) is 0 Å². The molecule has 2 nitrogen and oxygen atoms in total. The first kappa shape index (κ1) is 8.44. The zero-order valence-electron chi connectivity index (χ0n) is 5.44. The van der Waals surface area contributed by atoms with Crippen LogP contribution in [0.3, 0.4) is 0 Å². The van der Waals surface area contributed by atoms with Crippen molar-refractivity contribution < 1.29 is 20.2 Å². The van der Waals surface area contributed by atoms with Crippen LogP contribution in [-0.4, -0.2) is 25.2 Å². The molecule has 0 aliphatic heterocycles. The van der Waals surface area contributed by atoms with Gasteiger partial charge in [-0.3, -0.25) is 0 Å². The fraction of sp³-hybridized carbons (Fsp3) is 1.00. The molecule has 0 aromatic rings. The molecule has 0 aliphatic rings. The van der Waals surface area contributed by atoms with E-state index < -0.39 is 0 Å². The van der Waals surface area contributed by atoms with Gasteiger partial charge in [0.2, 0.25) is 0 Å². The monoisotopic (exact) mass is 165 g/mol. The van der Waals surface area contributed by atoms with Gasteiger partial charge in [0.1, 0.15) is 0 Å². The van der Waals surface area contributed by atoms with E-state index in [1.165, 1.54) is 0 Å². The predicted molar refractivity (Wildman–Crippen MR) is 28.9 cm³/mol. The van der Waals surface area contributed by atoms with Crippen molar-refractivity contribution in [2.75, 3.05) is 14.1 Å². The Labute approximate surface area is 59.3 Å². The van der Waals surface area contributed by atoms with E-state index in [2.05, 4.69) is 20.2 Å². The summed E-state index contributed by atoms with van der Waals surface area (Å²) in [7, 11) is 3.88. The summed E-state index contributed by atoms with van der Waals surface area (Å²) in [4.78, 5) is 1.95. The first-order valence-corrected chi connectivity index (χ1v) is 3.01. The molecular weight excluding hydrogens is 154 g/mol. The summed E-state index contributed by atoms with van der Waals surface area (Å²) < 4.78 is 4.65. The third-order valence-corrected chi connectivity index (χ3v) is 1.26. The molecule has 1 atom stereocenters. The Morgan fingerprint density at radius 3 is 2.12 bits per heavy atom. The van der Waals surface area contributed by atoms with Crippen molar-refractivity contribution in [3.05, 3.63) is 0 Å². The molecule has 0 aromatic carbocycles. The molecule has 0 amide bonds. The van der Waals surface area contributed by atoms with Crippen molar-refractivity contribution in [2.45, 2.75) is 19.6 Å². The van der Waals surface area contributed by atoms with Crippen LogP contribution in [0.1, 0.15) is 13.3 Å². The number of nitrogens with zero attached hydrogens (tertiary/aromatic N) is 1. The van der Waals surface area contributed by atoms with Crippen LogP contribution in [0.15, 0.2) is 0 Å². The van der Waals surface area contributed by atoms with Gasteiger partial charge in [-0.05, 0) is 0 Å². The summed E-state index contributed by atoms with van der Waals surface area (Å²) in [5.74, 6) is 0. The number of hydrogen-bond donors (Lipinski definition) is 0. The van der Waals surface area contributed by atoms with Crippen LogP contribution >= 0.6 is 0 Å². The summed E-state index contributed by atoms with van der Waals surface area (Å²) >= 11 is 4.54. The van der Waals surface area contributed by atoms with Gasteiger partial charge < -0.3 is 0 Å². The zero-order valence-corrected chi connectivity index (χ0v) is 6.38. The number of rotatable bonds is 3. The summed E-state index contributed by atoms with van der Waals surface area (Å²) in [5.41, 5.74) is 0. The first-order chi connectivity index (χ1) is 3.72. The van der Waals surface area contributed by atoms with Gasteiger partial charge in [-0.2, -0.15) is 0 Å². The second-order valence-electron chi connectivity index (χ2n) is 1.90. The third-order valence-electron chi connectivity index (χ3n) is 1.01. The van der Waals surface area contributed by atoms with Crippen molar-refractivity contribution in [2.24, 2.45) is 0 Å². The van der Waals surface area contributed by atoms with E-state index in [4.69, 9.17) is 0 Å². The molecule has 0 fully saturated rings. The first-order valence-electron chi connectivity index (χ1n) is 2.63. The van der Waals surface area contributed by atoms with Crippen LogP contribution in [-0.2, 0) is 20.2 Å². The maximum absolute atomic E-state index is 4.65. The van der Waals surface area contributed by atoms with Crippen molar-refractivity contribution in [1.82, 2.24) is 4.90 Å². The van der Waals surface area contributed by atoms with E-state index in [1.54, 1.807) is 0 Å². The Hall–Kier alpha value is 0.439. The van der Waals surface area contributed by atoms with E-state index in [9.17, 15) is 0 Å². The molecule has 0 radical (unpaired) electrons. The molecule has 0 heterocycles. The Morgan fingerprint density at radius 2 is 2.12 bits per heavy atom. The summed E-state index contributed by atoms with van der Waals surface area (Å²) in [6.45, 7) is 2.04. The van der Waals surface area contributed by atoms with Gasteiger partial charge in [0, 0.05) is 0 Å². The Morgan fingerprint density at radius 1 is 1.62 bits per heavy atom. The minimum absolute atomic E-state index is 0.0926. The molecule has 0 bridgehead atoms. The van der Waals surface area contributed by atoms with Crippen LogP contribution < -0.4 is 0 Å². The normalized spacial score (nSPS) is 14.8. The van der Waals surface area contributed by atoms with Crippen molar-refractivity contribution in [1.29, 1.82) is 0 Å². The molecular formula is C5H12CuNO. The zero-order chi connectivity index (χ0) is 6.57. The maximum atomic E-state index is 4.65. The summed E-state index contributed by atoms with van der Waals surface area (Å²) in [5, 5.41) is 0. The van der Waals surface area contributed by atoms with Gasteiger partial charge in [-0.25, -0.2) is 0 Å². The van der Waals surface area contributed by atoms with Crippen LogP contribution in [0.25, 0.3) is 0 Å². The van der Waals surface area contributed by atoms with E-state index in [-0.39, 0.29) is 6.23 Å². The van der Waals surface area contributed by atoms with Gasteiger partial charge in [-0.15, -0.1) is 0 Å². The van der Waals surface area contributed by atoms with Gasteiger partial charge >= 0.3 is 58.7 Å². The second kappa shape index (κ2) is 4.33. The molecule has 0 saturated carbocycles. The SMILES string of the molecule is CCC([O][Cu])N(C)C. The molecule has 1 unspecified atom stereocenters. The molecule has 3 heteroatoms. The topological polar surface area (TPSA) is 12.5 Å². The van der Waals surface area contributed by atoms with Crippen molar-refractivity contribution in [3.63, 3.8) is 0 Å². The Bertz CT molecular complexity index is 54.4. The summed E-state index contributed by atoms with van der Waals surface area (Å²) in [6.07, 6.45) is 1.03. The summed E-state index contributed by atoms with van der Waals surface area (Å²) in [6, 6.07) is 0. The molecule has 8 heavy (non-hydrogen) atoms. The van der Waals surface area contributed by atoms with Crippen molar-refractivity contribution >= 4 is 0 Å². The molecule has 0 saturated heterocycles. The second-order valence-corrected chi connectivity index (χ2v) is 2.12. The average Bonchev–Trinajstić information content (AvgIpc) is 1.69. The minimum atomic E-state index is 0.0926. The van der Waals surface area contributed by atoms with Crippen LogP contribution in [0.2, 0.25) is 0 Å². The van der Waals surface area contributed by atoms with Crippen molar-refractivity contribution in [3.8, 4) is 0 Å². The van der Waals surface area contributed by atoms with Gasteiger partial charge in [0.25, 0.3) is 0 Å². The van der Waals surface area contributed by atoms with E-state index in [1.807, 2.05) is 25.9 Å². The molecule has 0 N–H and O–H groups in total. The molecule has 0 aromatic heterocycles. The fourth-order valence-electron chi connectivity index (χ4n) is 0.479. The van der Waals surface area contributed by atoms with Crippen LogP contribution in [0, 0.1) is 0 Å². The Kier molecular flexibility index (Phi) is 4.57. The van der Waals surface area contributed by atoms with Crippen LogP contribution in [0.4, 0.5) is 0 Å². The number of hydrogen-bond acceptors (Lipinski definition) is 2. The van der Waals surface area contributed by atoms with Crippen LogP contribution in [0.5, 0.6) is 0 Å². The standard InChI is InChI=1S/C5H12NO.Cu/c1-4-5(7)6(2)3;/h5H,4H2,1-3H3;/q-1;+1. The molecule has 54 valence electrons. The van der Waals surface area contributed by atoms with E-state index in [0.717, 1.165) is 6.42 Å². The van der Waals surface area contributed by atoms with E-state index in [0.29, 0.717) is 0 Å². The van der Waals surface area contributed by atoms with Gasteiger partial charge in [-0.1, -0.05) is 0 Å². The average molecular weight is 166 g/mol. The van der Waals surface area contributed by atoms with E-state index >= 15 is 0 Å². The molecule has 0 rings (SSSR count). The Balaban J connectivity index is 3.35. The predicted octanol–water partition coefficient (Wildman–Crippen LogP) is 0.762. The molecule has 0 spiro atoms. The fourth-order valence-corrected chi connectivity index (χ4v) is 0.834.